The molecule has 20 rings (SSSR count). The lowest BCUT2D eigenvalue weighted by Crippen LogP contribution is -2.46. The van der Waals surface area contributed by atoms with Gasteiger partial charge >= 0.3 is 11.9 Å². The third kappa shape index (κ3) is 15.8. The molecule has 0 spiro atoms. The number of carbonyl (C=O) groups is 2. The van der Waals surface area contributed by atoms with Crippen molar-refractivity contribution in [3.05, 3.63) is 433 Å². The summed E-state index contributed by atoms with van der Waals surface area (Å²) < 4.78 is 12.5. The van der Waals surface area contributed by atoms with E-state index in [1.54, 1.807) is 18.5 Å². The van der Waals surface area contributed by atoms with Crippen LogP contribution in [-0.2, 0) is 28.1 Å². The molecule has 10 heteroatoms. The third-order valence-electron chi connectivity index (χ3n) is 30.7. The van der Waals surface area contributed by atoms with Gasteiger partial charge in [-0.05, 0) is 262 Å². The van der Waals surface area contributed by atoms with E-state index >= 15 is 4.79 Å². The van der Waals surface area contributed by atoms with E-state index in [1.807, 2.05) is 171 Å². The van der Waals surface area contributed by atoms with Gasteiger partial charge in [0.1, 0.15) is 11.5 Å². The maximum atomic E-state index is 15.0. The molecule has 0 aliphatic heterocycles. The van der Waals surface area contributed by atoms with E-state index in [1.165, 1.54) is 27.8 Å². The van der Waals surface area contributed by atoms with Crippen LogP contribution in [0.15, 0.2) is 377 Å². The molecule has 18 aromatic rings. The molecule has 1 unspecified atom stereocenters. The molecule has 12 aromatic carbocycles. The topological polar surface area (TPSA) is 130 Å². The number of esters is 2. The van der Waals surface area contributed by atoms with Crippen LogP contribution in [0.1, 0.15) is 141 Å². The summed E-state index contributed by atoms with van der Waals surface area (Å²) in [5, 5.41) is 0. The van der Waals surface area contributed by atoms with Crippen LogP contribution in [0.4, 0.5) is 0 Å². The normalized spacial score (nSPS) is 15.2. The Labute approximate surface area is 792 Å². The SMILES string of the molecule is Cc1cc(-c2ccc3c(c2)C(C)(C)C(C)(C)C3(C)C)ncc1-c1ccccc1-c1cc(C(=O)Oc2cnc(-c3ccccc3)c(C)c2)cc(-c2ccccc2-c2cnc(-c3ccc4c(c3)C(C)(C)C(C)(Cc3ccc(-c5ccc(-c6ccccc6-c6cc(C(=O)Oc7ccc(-c8ccccc8)nc7)cc(-c7ccccc7-c7ccc(-c8ccccc8)nc7)c6)cn5)cc3)C4(C)C)cc2C)c1. The minimum atomic E-state index is -0.505. The average molecular weight is 1760 g/mol. The Kier molecular flexibility index (Phi) is 22.4. The van der Waals surface area contributed by atoms with Gasteiger partial charge in [-0.3, -0.25) is 29.9 Å². The van der Waals surface area contributed by atoms with E-state index in [-0.39, 0.29) is 32.5 Å². The number of carbonyl (C=O) groups excluding carboxylic acids is 2. The highest BCUT2D eigenvalue weighted by molar-refractivity contribution is 6.00. The molecule has 2 aliphatic carbocycles. The van der Waals surface area contributed by atoms with Crippen molar-refractivity contribution in [2.75, 3.05) is 0 Å². The smallest absolute Gasteiger partial charge is 0.343 e. The van der Waals surface area contributed by atoms with Crippen LogP contribution in [0, 0.1) is 31.6 Å². The van der Waals surface area contributed by atoms with Gasteiger partial charge in [0.2, 0.25) is 0 Å². The molecule has 135 heavy (non-hydrogen) atoms. The summed E-state index contributed by atoms with van der Waals surface area (Å²) in [7, 11) is 0. The second kappa shape index (κ2) is 34.6. The predicted octanol–water partition coefficient (Wildman–Crippen LogP) is 31.2. The van der Waals surface area contributed by atoms with E-state index in [4.69, 9.17) is 34.4 Å². The molecule has 6 aromatic heterocycles. The Morgan fingerprint density at radius 3 is 0.985 bits per heavy atom. The first kappa shape index (κ1) is 87.5. The van der Waals surface area contributed by atoms with Crippen molar-refractivity contribution in [2.45, 2.75) is 125 Å². The largest absolute Gasteiger partial charge is 0.421 e. The number of aryl methyl sites for hydroxylation is 3. The summed E-state index contributed by atoms with van der Waals surface area (Å²) in [6.07, 6.45) is 12.0. The number of nitrogens with zero attached hydrogens (tertiary/aromatic N) is 6. The van der Waals surface area contributed by atoms with Crippen molar-refractivity contribution in [1.29, 1.82) is 0 Å². The van der Waals surface area contributed by atoms with E-state index in [0.29, 0.717) is 22.6 Å². The number of benzene rings is 12. The van der Waals surface area contributed by atoms with Gasteiger partial charge in [-0.2, -0.15) is 0 Å². The molecule has 10 nitrogen and oxygen atoms in total. The maximum Gasteiger partial charge on any atom is 0.343 e. The Morgan fingerprint density at radius 2 is 0.570 bits per heavy atom. The summed E-state index contributed by atoms with van der Waals surface area (Å²) in [6.45, 7) is 32.8. The first-order valence-electron chi connectivity index (χ1n) is 46.6. The van der Waals surface area contributed by atoms with Gasteiger partial charge in [-0.15, -0.1) is 0 Å². The molecule has 0 amide bonds. The molecule has 0 bridgehead atoms. The molecule has 0 radical (unpaired) electrons. The lowest BCUT2D eigenvalue weighted by Gasteiger charge is -2.48. The highest BCUT2D eigenvalue weighted by atomic mass is 16.5. The van der Waals surface area contributed by atoms with Crippen LogP contribution < -0.4 is 9.47 Å². The fourth-order valence-corrected chi connectivity index (χ4v) is 21.1. The first-order chi connectivity index (χ1) is 65.1. The van der Waals surface area contributed by atoms with Crippen molar-refractivity contribution in [1.82, 2.24) is 29.9 Å². The lowest BCUT2D eigenvalue weighted by atomic mass is 9.55. The first-order valence-corrected chi connectivity index (χ1v) is 46.6. The number of hydrogen-bond acceptors (Lipinski definition) is 10. The number of rotatable bonds is 20. The van der Waals surface area contributed by atoms with Crippen LogP contribution in [-0.4, -0.2) is 41.8 Å². The van der Waals surface area contributed by atoms with Gasteiger partial charge < -0.3 is 9.47 Å². The zero-order chi connectivity index (χ0) is 93.5. The number of aromatic nitrogens is 6. The molecule has 0 saturated heterocycles. The Bertz CT molecular complexity index is 7650. The van der Waals surface area contributed by atoms with E-state index < -0.39 is 11.9 Å². The average Bonchev–Trinajstić information content (AvgIpc) is 1.54. The zero-order valence-corrected chi connectivity index (χ0v) is 78.8. The quantitative estimate of drug-likeness (QED) is 0.0680. The number of fused-ring (bicyclic) bond motifs is 2. The zero-order valence-electron chi connectivity index (χ0n) is 78.8. The standard InChI is InChI=1S/C125H106N6O4/c1-78-61-115(86-50-55-108-110(69-86)121(6,7)124(12,13)120(108,4)5)129-76-106(78)104-44-30-28-42-102(104)92-64-93(68-95(67-92)119(133)135-97-60-80(3)117(131-75-97)85-36-22-17-23-37-85)103-43-29-31-45-105(103)107-77-130-116(62-79(107)2)87-51-56-109-111(70-87)123(10,11)125(14,122(109,8)9)71-81-46-48-84(49-47-81)113-58-53-89(73-127-113)99-39-25-27-41-101(99)91-63-90(65-94(66-91)118(132)134-96-54-59-114(128-74-96)83-34-20-16-21-35-83)100-40-26-24-38-98(100)88-52-57-112(126-72-88)82-32-18-15-19-33-82/h15-70,72-77H,71H2,1-14H3. The monoisotopic (exact) mass is 1750 g/mol. The summed E-state index contributed by atoms with van der Waals surface area (Å²) in [5.41, 5.74) is 36.1. The minimum Gasteiger partial charge on any atom is -0.421 e. The molecule has 2 aliphatic rings. The van der Waals surface area contributed by atoms with Gasteiger partial charge in [0.15, 0.2) is 0 Å². The van der Waals surface area contributed by atoms with Crippen molar-refractivity contribution in [2.24, 2.45) is 10.8 Å². The van der Waals surface area contributed by atoms with Crippen molar-refractivity contribution < 1.29 is 19.1 Å². The van der Waals surface area contributed by atoms with Gasteiger partial charge in [-0.25, -0.2) is 9.59 Å². The second-order valence-corrected chi connectivity index (χ2v) is 39.4. The summed E-state index contributed by atoms with van der Waals surface area (Å²) in [6, 6.07) is 117. The summed E-state index contributed by atoms with van der Waals surface area (Å²) in [5.74, 6) is -0.301. The predicted molar refractivity (Wildman–Crippen MR) is 550 cm³/mol. The van der Waals surface area contributed by atoms with Gasteiger partial charge in [0.25, 0.3) is 0 Å². The summed E-state index contributed by atoms with van der Waals surface area (Å²) >= 11 is 0. The van der Waals surface area contributed by atoms with Crippen LogP contribution in [0.3, 0.4) is 0 Å². The number of ether oxygens (including phenoxy) is 2. The highest BCUT2D eigenvalue weighted by Crippen LogP contribution is 2.65. The van der Waals surface area contributed by atoms with Gasteiger partial charge in [0.05, 0.1) is 57.7 Å². The van der Waals surface area contributed by atoms with Crippen molar-refractivity contribution in [3.8, 4) is 168 Å². The Balaban J connectivity index is 0.567. The fraction of sp³-hybridized carbons (Fsp3) is 0.168. The molecular weight excluding hydrogens is 1650 g/mol. The molecule has 6 heterocycles. The van der Waals surface area contributed by atoms with Crippen molar-refractivity contribution in [3.63, 3.8) is 0 Å². The van der Waals surface area contributed by atoms with Crippen LogP contribution in [0.5, 0.6) is 11.5 Å². The molecule has 0 N–H and O–H groups in total. The summed E-state index contributed by atoms with van der Waals surface area (Å²) in [4.78, 5) is 59.9. The van der Waals surface area contributed by atoms with Crippen LogP contribution in [0.2, 0.25) is 0 Å². The molecule has 660 valence electrons. The number of pyridine rings is 6. The maximum absolute atomic E-state index is 15.0. The molecular formula is C125H106N6O4. The van der Waals surface area contributed by atoms with Crippen LogP contribution in [0.25, 0.3) is 157 Å². The second-order valence-electron chi connectivity index (χ2n) is 39.4. The molecule has 0 fully saturated rings. The molecule has 0 saturated carbocycles. The Hall–Kier alpha value is -15.5. The third-order valence-corrected chi connectivity index (χ3v) is 30.7. The number of hydrogen-bond donors (Lipinski definition) is 0. The van der Waals surface area contributed by atoms with E-state index in [0.717, 1.165) is 180 Å². The van der Waals surface area contributed by atoms with Crippen molar-refractivity contribution >= 4 is 11.9 Å². The fourth-order valence-electron chi connectivity index (χ4n) is 21.1. The van der Waals surface area contributed by atoms with E-state index in [2.05, 4.69) is 289 Å². The van der Waals surface area contributed by atoms with E-state index in [9.17, 15) is 4.79 Å². The Morgan fingerprint density at radius 1 is 0.237 bits per heavy atom. The van der Waals surface area contributed by atoms with Gasteiger partial charge in [-0.1, -0.05) is 325 Å². The minimum absolute atomic E-state index is 0.00178. The lowest BCUT2D eigenvalue weighted by molar-refractivity contribution is 0.0724. The van der Waals surface area contributed by atoms with Gasteiger partial charge in [0, 0.05) is 80.4 Å². The van der Waals surface area contributed by atoms with Crippen LogP contribution >= 0.6 is 0 Å². The highest BCUT2D eigenvalue weighted by Gasteiger charge is 2.60. The molecule has 1 atom stereocenters.